The van der Waals surface area contributed by atoms with Crippen molar-refractivity contribution in [2.24, 2.45) is 0 Å². The van der Waals surface area contributed by atoms with Crippen molar-refractivity contribution < 1.29 is 14.6 Å². The van der Waals surface area contributed by atoms with Gasteiger partial charge in [-0.05, 0) is 32.4 Å². The molecule has 98 valence electrons. The molecule has 0 aliphatic carbocycles. The first-order chi connectivity index (χ1) is 8.61. The van der Waals surface area contributed by atoms with Crippen LogP contribution in [0, 0.1) is 6.92 Å². The summed E-state index contributed by atoms with van der Waals surface area (Å²) < 4.78 is 5.33. The van der Waals surface area contributed by atoms with E-state index in [0.29, 0.717) is 6.54 Å². The van der Waals surface area contributed by atoms with Crippen LogP contribution in [0.1, 0.15) is 24.0 Å². The molecule has 0 radical (unpaired) electrons. The van der Waals surface area contributed by atoms with Crippen LogP contribution in [0.5, 0.6) is 5.75 Å². The van der Waals surface area contributed by atoms with Gasteiger partial charge in [0.05, 0.1) is 7.11 Å². The first-order valence-corrected chi connectivity index (χ1v) is 6.22. The number of aryl methyl sites for hydroxylation is 1. The molecular weight excluding hydrogens is 230 g/mol. The number of rotatable bonds is 4. The van der Waals surface area contributed by atoms with Crippen molar-refractivity contribution in [3.05, 3.63) is 29.3 Å². The lowest BCUT2D eigenvalue weighted by atomic mass is 10.1. The zero-order valence-corrected chi connectivity index (χ0v) is 10.8. The standard InChI is InChI=1S/C14H19NO3/c1-10-5-6-13(18-2)11(8-10)9-15-7-3-4-12(15)14(16)17/h5-6,8,12H,3-4,7,9H2,1-2H3,(H,16,17)/t12-/m1/s1. The highest BCUT2D eigenvalue weighted by Crippen LogP contribution is 2.26. The Balaban J connectivity index is 2.18. The SMILES string of the molecule is COc1ccc(C)cc1CN1CCC[C@@H]1C(=O)O. The van der Waals surface area contributed by atoms with E-state index in [-0.39, 0.29) is 6.04 Å². The highest BCUT2D eigenvalue weighted by molar-refractivity contribution is 5.73. The third kappa shape index (κ3) is 2.64. The van der Waals surface area contributed by atoms with Gasteiger partial charge in [-0.3, -0.25) is 9.69 Å². The van der Waals surface area contributed by atoms with Gasteiger partial charge < -0.3 is 9.84 Å². The number of carbonyl (C=O) groups is 1. The van der Waals surface area contributed by atoms with Crippen LogP contribution in [-0.2, 0) is 11.3 Å². The van der Waals surface area contributed by atoms with Gasteiger partial charge >= 0.3 is 5.97 Å². The second kappa shape index (κ2) is 5.40. The number of hydrogen-bond donors (Lipinski definition) is 1. The molecule has 0 unspecified atom stereocenters. The van der Waals surface area contributed by atoms with Crippen molar-refractivity contribution in [2.45, 2.75) is 32.4 Å². The van der Waals surface area contributed by atoms with Crippen LogP contribution in [0.3, 0.4) is 0 Å². The Kier molecular flexibility index (Phi) is 3.87. The highest BCUT2D eigenvalue weighted by Gasteiger charge is 2.30. The van der Waals surface area contributed by atoms with Gasteiger partial charge in [0.15, 0.2) is 0 Å². The van der Waals surface area contributed by atoms with Gasteiger partial charge in [-0.15, -0.1) is 0 Å². The molecule has 18 heavy (non-hydrogen) atoms. The predicted octanol–water partition coefficient (Wildman–Crippen LogP) is 2.05. The molecule has 1 fully saturated rings. The van der Waals surface area contributed by atoms with E-state index in [1.807, 2.05) is 24.0 Å². The van der Waals surface area contributed by atoms with Gasteiger partial charge in [0.2, 0.25) is 0 Å². The van der Waals surface area contributed by atoms with Crippen LogP contribution >= 0.6 is 0 Å². The van der Waals surface area contributed by atoms with E-state index < -0.39 is 5.97 Å². The Bertz CT molecular complexity index is 445. The van der Waals surface area contributed by atoms with Gasteiger partial charge in [0, 0.05) is 12.1 Å². The third-order valence-corrected chi connectivity index (χ3v) is 3.46. The summed E-state index contributed by atoms with van der Waals surface area (Å²) in [6, 6.07) is 5.66. The molecule has 1 heterocycles. The number of aliphatic carboxylic acids is 1. The average Bonchev–Trinajstić information content (AvgIpc) is 2.77. The zero-order valence-electron chi connectivity index (χ0n) is 10.8. The van der Waals surface area contributed by atoms with E-state index in [4.69, 9.17) is 9.84 Å². The second-order valence-corrected chi connectivity index (χ2v) is 4.78. The molecule has 0 aromatic heterocycles. The van der Waals surface area contributed by atoms with Gasteiger partial charge in [0.1, 0.15) is 11.8 Å². The summed E-state index contributed by atoms with van der Waals surface area (Å²) in [5.41, 5.74) is 2.22. The lowest BCUT2D eigenvalue weighted by molar-refractivity contribution is -0.142. The number of benzene rings is 1. The number of hydrogen-bond acceptors (Lipinski definition) is 3. The highest BCUT2D eigenvalue weighted by atomic mass is 16.5. The largest absolute Gasteiger partial charge is 0.496 e. The molecule has 1 atom stereocenters. The Hall–Kier alpha value is -1.55. The van der Waals surface area contributed by atoms with Crippen molar-refractivity contribution in [1.29, 1.82) is 0 Å². The van der Waals surface area contributed by atoms with Crippen LogP contribution < -0.4 is 4.74 Å². The molecule has 1 aromatic carbocycles. The molecular formula is C14H19NO3. The molecule has 1 aliphatic heterocycles. The fraction of sp³-hybridized carbons (Fsp3) is 0.500. The van der Waals surface area contributed by atoms with E-state index in [1.54, 1.807) is 7.11 Å². The summed E-state index contributed by atoms with van der Waals surface area (Å²) in [5, 5.41) is 9.17. The molecule has 1 aliphatic rings. The minimum Gasteiger partial charge on any atom is -0.496 e. The summed E-state index contributed by atoms with van der Waals surface area (Å²) >= 11 is 0. The van der Waals surface area contributed by atoms with Crippen molar-refractivity contribution in [3.8, 4) is 5.75 Å². The minimum atomic E-state index is -0.723. The topological polar surface area (TPSA) is 49.8 Å². The van der Waals surface area contributed by atoms with Crippen molar-refractivity contribution in [3.63, 3.8) is 0 Å². The van der Waals surface area contributed by atoms with E-state index >= 15 is 0 Å². The number of carboxylic acids is 1. The molecule has 0 spiro atoms. The summed E-state index contributed by atoms with van der Waals surface area (Å²) in [6.07, 6.45) is 1.69. The smallest absolute Gasteiger partial charge is 0.320 e. The summed E-state index contributed by atoms with van der Waals surface area (Å²) in [6.45, 7) is 3.51. The lowest BCUT2D eigenvalue weighted by Gasteiger charge is -2.22. The summed E-state index contributed by atoms with van der Waals surface area (Å²) in [4.78, 5) is 13.2. The molecule has 1 N–H and O–H groups in total. The maximum Gasteiger partial charge on any atom is 0.320 e. The monoisotopic (exact) mass is 249 g/mol. The molecule has 1 saturated heterocycles. The number of ether oxygens (including phenoxy) is 1. The van der Waals surface area contributed by atoms with E-state index in [9.17, 15) is 4.79 Å². The predicted molar refractivity (Wildman–Crippen MR) is 68.8 cm³/mol. The quantitative estimate of drug-likeness (QED) is 0.887. The molecule has 2 rings (SSSR count). The average molecular weight is 249 g/mol. The Morgan fingerprint density at radius 2 is 2.33 bits per heavy atom. The fourth-order valence-corrected chi connectivity index (χ4v) is 2.54. The summed E-state index contributed by atoms with van der Waals surface area (Å²) in [7, 11) is 1.65. The van der Waals surface area contributed by atoms with Crippen LogP contribution in [0.2, 0.25) is 0 Å². The van der Waals surface area contributed by atoms with Crippen LogP contribution in [0.25, 0.3) is 0 Å². The van der Waals surface area contributed by atoms with Crippen LogP contribution in [0.15, 0.2) is 18.2 Å². The lowest BCUT2D eigenvalue weighted by Crippen LogP contribution is -2.35. The van der Waals surface area contributed by atoms with E-state index in [2.05, 4.69) is 6.07 Å². The number of methoxy groups -OCH3 is 1. The van der Waals surface area contributed by atoms with Gasteiger partial charge in [0.25, 0.3) is 0 Å². The van der Waals surface area contributed by atoms with Gasteiger partial charge in [-0.1, -0.05) is 17.7 Å². The van der Waals surface area contributed by atoms with Crippen molar-refractivity contribution >= 4 is 5.97 Å². The molecule has 0 amide bonds. The molecule has 4 heteroatoms. The molecule has 1 aromatic rings. The summed E-state index contributed by atoms with van der Waals surface area (Å²) in [5.74, 6) is 0.107. The molecule has 4 nitrogen and oxygen atoms in total. The maximum absolute atomic E-state index is 11.2. The normalized spacial score (nSPS) is 20.0. The second-order valence-electron chi connectivity index (χ2n) is 4.78. The zero-order chi connectivity index (χ0) is 13.1. The Morgan fingerprint density at radius 3 is 3.00 bits per heavy atom. The van der Waals surface area contributed by atoms with E-state index in [1.165, 1.54) is 0 Å². The fourth-order valence-electron chi connectivity index (χ4n) is 2.54. The Morgan fingerprint density at radius 1 is 1.56 bits per heavy atom. The molecule has 0 bridgehead atoms. The van der Waals surface area contributed by atoms with Crippen molar-refractivity contribution in [2.75, 3.05) is 13.7 Å². The third-order valence-electron chi connectivity index (χ3n) is 3.46. The first-order valence-electron chi connectivity index (χ1n) is 6.22. The number of nitrogens with zero attached hydrogens (tertiary/aromatic N) is 1. The van der Waals surface area contributed by atoms with Crippen LogP contribution in [-0.4, -0.2) is 35.7 Å². The molecule has 0 saturated carbocycles. The van der Waals surface area contributed by atoms with Crippen molar-refractivity contribution in [1.82, 2.24) is 4.90 Å². The van der Waals surface area contributed by atoms with Crippen LogP contribution in [0.4, 0.5) is 0 Å². The number of likely N-dealkylation sites (tertiary alicyclic amines) is 1. The maximum atomic E-state index is 11.2. The first kappa shape index (κ1) is 12.9. The van der Waals surface area contributed by atoms with Gasteiger partial charge in [-0.2, -0.15) is 0 Å². The Labute approximate surface area is 107 Å². The van der Waals surface area contributed by atoms with E-state index in [0.717, 1.165) is 36.3 Å². The minimum absolute atomic E-state index is 0.352. The number of carboxylic acid groups (broad SMARTS) is 1. The van der Waals surface area contributed by atoms with Gasteiger partial charge in [-0.25, -0.2) is 0 Å².